The summed E-state index contributed by atoms with van der Waals surface area (Å²) < 4.78 is 0. The number of hydrogen-bond acceptors (Lipinski definition) is 5. The minimum absolute atomic E-state index is 0.000350. The Labute approximate surface area is 163 Å². The van der Waals surface area contributed by atoms with Crippen molar-refractivity contribution in [1.82, 2.24) is 10.3 Å². The Morgan fingerprint density at radius 1 is 1.07 bits per heavy atom. The van der Waals surface area contributed by atoms with Crippen LogP contribution in [0.15, 0.2) is 24.3 Å². The lowest BCUT2D eigenvalue weighted by Crippen LogP contribution is -2.41. The quantitative estimate of drug-likeness (QED) is 0.594. The van der Waals surface area contributed by atoms with Gasteiger partial charge in [0.05, 0.1) is 17.7 Å². The van der Waals surface area contributed by atoms with Crippen LogP contribution in [0.1, 0.15) is 38.4 Å². The summed E-state index contributed by atoms with van der Waals surface area (Å²) in [4.78, 5) is 35.2. The van der Waals surface area contributed by atoms with E-state index in [4.69, 9.17) is 24.8 Å². The van der Waals surface area contributed by atoms with Crippen LogP contribution >= 0.6 is 0 Å². The number of carbonyl (C=O) groups excluding carboxylic acids is 1. The normalized spacial score (nSPS) is 12.7. The number of hydrogen-bond donors (Lipinski definition) is 4. The molecule has 0 radical (unpaired) electrons. The monoisotopic (exact) mass is 387 g/mol. The van der Waals surface area contributed by atoms with E-state index in [1.165, 1.54) is 5.56 Å². The molecule has 0 saturated carbocycles. The van der Waals surface area contributed by atoms with Crippen molar-refractivity contribution in [2.75, 3.05) is 11.9 Å². The van der Waals surface area contributed by atoms with Crippen molar-refractivity contribution in [1.29, 1.82) is 0 Å². The molecule has 0 saturated heterocycles. The standard InChI is InChI=1S/C18H23N3O.C2H2O4/c1-18(2,3)19-11-16(22)21-17-12-7-4-5-9-14(12)20-15-10-6-8-13(15)17;3-1(4)2(5)6/h4-5,7,9,19H,6,8,10-11H2,1-3H3,(H,20,21,22);(H,3,4)(H,5,6). The number of carbonyl (C=O) groups is 3. The fraction of sp³-hybridized carbons (Fsp3) is 0.400. The molecular weight excluding hydrogens is 362 g/mol. The van der Waals surface area contributed by atoms with Crippen LogP contribution in [-0.2, 0) is 27.2 Å². The van der Waals surface area contributed by atoms with Crippen molar-refractivity contribution in [2.24, 2.45) is 0 Å². The Morgan fingerprint density at radius 3 is 2.32 bits per heavy atom. The zero-order valence-corrected chi connectivity index (χ0v) is 16.2. The van der Waals surface area contributed by atoms with Crippen molar-refractivity contribution >= 4 is 34.4 Å². The van der Waals surface area contributed by atoms with Crippen molar-refractivity contribution < 1.29 is 24.6 Å². The Kier molecular flexibility index (Phi) is 6.69. The lowest BCUT2D eigenvalue weighted by atomic mass is 10.1. The highest BCUT2D eigenvalue weighted by Crippen LogP contribution is 2.33. The lowest BCUT2D eigenvalue weighted by molar-refractivity contribution is -0.159. The smallest absolute Gasteiger partial charge is 0.414 e. The van der Waals surface area contributed by atoms with E-state index in [1.807, 2.05) is 24.3 Å². The number of carboxylic acid groups (broad SMARTS) is 2. The second-order valence-electron chi connectivity index (χ2n) is 7.54. The molecule has 1 aromatic heterocycles. The molecule has 8 heteroatoms. The van der Waals surface area contributed by atoms with E-state index in [1.54, 1.807) is 0 Å². The van der Waals surface area contributed by atoms with E-state index in [0.29, 0.717) is 6.54 Å². The summed E-state index contributed by atoms with van der Waals surface area (Å²) >= 11 is 0. The molecule has 8 nitrogen and oxygen atoms in total. The summed E-state index contributed by atoms with van der Waals surface area (Å²) in [6.45, 7) is 6.48. The first-order valence-corrected chi connectivity index (χ1v) is 9.00. The molecule has 2 aromatic rings. The third-order valence-corrected chi connectivity index (χ3v) is 4.15. The summed E-state index contributed by atoms with van der Waals surface area (Å²) in [6, 6.07) is 8.03. The third kappa shape index (κ3) is 5.75. The predicted molar refractivity (Wildman–Crippen MR) is 105 cm³/mol. The number of pyridine rings is 1. The van der Waals surface area contributed by atoms with Crippen LogP contribution in [0.2, 0.25) is 0 Å². The highest BCUT2D eigenvalue weighted by atomic mass is 16.4. The van der Waals surface area contributed by atoms with Gasteiger partial charge in [0.1, 0.15) is 0 Å². The molecule has 0 bridgehead atoms. The number of rotatable bonds is 3. The number of aryl methyl sites for hydroxylation is 1. The Balaban J connectivity index is 0.000000409. The first-order chi connectivity index (χ1) is 13.1. The van der Waals surface area contributed by atoms with Gasteiger partial charge in [-0.1, -0.05) is 18.2 Å². The number of anilines is 1. The van der Waals surface area contributed by atoms with E-state index in [2.05, 4.69) is 31.4 Å². The fourth-order valence-electron chi connectivity index (χ4n) is 2.88. The van der Waals surface area contributed by atoms with E-state index in [-0.39, 0.29) is 11.4 Å². The highest BCUT2D eigenvalue weighted by molar-refractivity contribution is 6.27. The van der Waals surface area contributed by atoms with Crippen molar-refractivity contribution in [3.8, 4) is 0 Å². The topological polar surface area (TPSA) is 129 Å². The van der Waals surface area contributed by atoms with Gasteiger partial charge in [-0.25, -0.2) is 9.59 Å². The Bertz CT molecular complexity index is 891. The molecule has 0 aliphatic heterocycles. The van der Waals surface area contributed by atoms with E-state index in [0.717, 1.165) is 41.5 Å². The van der Waals surface area contributed by atoms with Crippen LogP contribution in [0.4, 0.5) is 5.69 Å². The molecule has 0 fully saturated rings. The van der Waals surface area contributed by atoms with Crippen molar-refractivity contribution in [3.63, 3.8) is 0 Å². The number of fused-ring (bicyclic) bond motifs is 2. The Morgan fingerprint density at radius 2 is 1.71 bits per heavy atom. The summed E-state index contributed by atoms with van der Waals surface area (Å²) in [6.07, 6.45) is 3.11. The largest absolute Gasteiger partial charge is 0.473 e. The van der Waals surface area contributed by atoms with Crippen LogP contribution in [0, 0.1) is 0 Å². The van der Waals surface area contributed by atoms with Crippen molar-refractivity contribution in [3.05, 3.63) is 35.5 Å². The number of aromatic nitrogens is 1. The number of para-hydroxylation sites is 1. The van der Waals surface area contributed by atoms with Gasteiger partial charge in [-0.2, -0.15) is 0 Å². The van der Waals surface area contributed by atoms with E-state index >= 15 is 0 Å². The molecule has 1 aromatic carbocycles. The van der Waals surface area contributed by atoms with Gasteiger partial charge in [-0.15, -0.1) is 0 Å². The Hall–Kier alpha value is -3.00. The highest BCUT2D eigenvalue weighted by Gasteiger charge is 2.21. The number of benzene rings is 1. The summed E-state index contributed by atoms with van der Waals surface area (Å²) in [5.74, 6) is -3.65. The maximum Gasteiger partial charge on any atom is 0.414 e. The number of aliphatic carboxylic acids is 2. The first kappa shape index (κ1) is 21.3. The van der Waals surface area contributed by atoms with Crippen LogP contribution in [-0.4, -0.2) is 45.1 Å². The number of nitrogens with one attached hydrogen (secondary N) is 2. The molecule has 1 aliphatic carbocycles. The van der Waals surface area contributed by atoms with Crippen molar-refractivity contribution in [2.45, 2.75) is 45.6 Å². The molecule has 0 unspecified atom stereocenters. The predicted octanol–water partition coefficient (Wildman–Crippen LogP) is 2.21. The van der Waals surface area contributed by atoms with Gasteiger partial charge < -0.3 is 20.8 Å². The van der Waals surface area contributed by atoms with Gasteiger partial charge in [0.25, 0.3) is 0 Å². The fourth-order valence-corrected chi connectivity index (χ4v) is 2.88. The van der Waals surface area contributed by atoms with E-state index < -0.39 is 11.9 Å². The molecule has 28 heavy (non-hydrogen) atoms. The molecule has 3 rings (SSSR count). The maximum atomic E-state index is 12.3. The molecular formula is C20H25N3O5. The SMILES string of the molecule is CC(C)(C)NCC(=O)Nc1c2c(nc3ccccc13)CCC2.O=C(O)C(=O)O. The van der Waals surface area contributed by atoms with Gasteiger partial charge in [0.15, 0.2) is 0 Å². The number of nitrogens with zero attached hydrogens (tertiary/aromatic N) is 1. The molecule has 1 amide bonds. The molecule has 1 heterocycles. The van der Waals surface area contributed by atoms with Gasteiger partial charge in [0.2, 0.25) is 5.91 Å². The van der Waals surface area contributed by atoms with Gasteiger partial charge in [-0.3, -0.25) is 9.78 Å². The molecule has 150 valence electrons. The van der Waals surface area contributed by atoms with Crippen LogP contribution in [0.5, 0.6) is 0 Å². The zero-order chi connectivity index (χ0) is 20.9. The average molecular weight is 387 g/mol. The lowest BCUT2D eigenvalue weighted by Gasteiger charge is -2.20. The third-order valence-electron chi connectivity index (χ3n) is 4.15. The van der Waals surface area contributed by atoms with Gasteiger partial charge >= 0.3 is 11.9 Å². The molecule has 4 N–H and O–H groups in total. The minimum atomic E-state index is -1.82. The summed E-state index contributed by atoms with van der Waals surface area (Å²) in [5.41, 5.74) is 4.20. The maximum absolute atomic E-state index is 12.3. The van der Waals surface area contributed by atoms with Gasteiger partial charge in [-0.05, 0) is 51.7 Å². The summed E-state index contributed by atoms with van der Waals surface area (Å²) in [7, 11) is 0. The second kappa shape index (κ2) is 8.79. The van der Waals surface area contributed by atoms with Crippen LogP contribution in [0.3, 0.4) is 0 Å². The van der Waals surface area contributed by atoms with E-state index in [9.17, 15) is 4.79 Å². The molecule has 0 atom stereocenters. The summed E-state index contributed by atoms with van der Waals surface area (Å²) in [5, 5.41) is 22.2. The molecule has 1 aliphatic rings. The molecule has 0 spiro atoms. The minimum Gasteiger partial charge on any atom is -0.473 e. The number of amides is 1. The number of carboxylic acids is 2. The first-order valence-electron chi connectivity index (χ1n) is 9.00. The zero-order valence-electron chi connectivity index (χ0n) is 16.2. The van der Waals surface area contributed by atoms with Gasteiger partial charge in [0, 0.05) is 16.6 Å². The second-order valence-corrected chi connectivity index (χ2v) is 7.54. The van der Waals surface area contributed by atoms with Crippen LogP contribution < -0.4 is 10.6 Å². The average Bonchev–Trinajstić information content (AvgIpc) is 3.08. The van der Waals surface area contributed by atoms with Crippen LogP contribution in [0.25, 0.3) is 10.9 Å².